The second-order valence-electron chi connectivity index (χ2n) is 8.08. The van der Waals surface area contributed by atoms with Crippen molar-refractivity contribution in [1.29, 1.82) is 0 Å². The Bertz CT molecular complexity index is 892. The summed E-state index contributed by atoms with van der Waals surface area (Å²) in [5.74, 6) is 0.412. The normalized spacial score (nSPS) is 21.5. The Balaban J connectivity index is 1.76. The number of nitrogens with zero attached hydrogens (tertiary/aromatic N) is 2. The summed E-state index contributed by atoms with van der Waals surface area (Å²) in [7, 11) is 0. The monoisotopic (exact) mass is 337 g/mol. The molecule has 3 heterocycles. The highest BCUT2D eigenvalue weighted by molar-refractivity contribution is 5.96. The van der Waals surface area contributed by atoms with Crippen molar-refractivity contribution >= 4 is 5.91 Å². The Hall–Kier alpha value is -2.43. The molecular formula is C20H23N3O2. The molecule has 1 saturated heterocycles. The van der Waals surface area contributed by atoms with Gasteiger partial charge in [0.05, 0.1) is 17.8 Å². The minimum absolute atomic E-state index is 0.0785. The third-order valence-electron chi connectivity index (χ3n) is 5.36. The molecule has 1 amide bonds. The lowest BCUT2D eigenvalue weighted by atomic mass is 9.92. The summed E-state index contributed by atoms with van der Waals surface area (Å²) in [5.41, 5.74) is 2.53. The molecule has 1 aromatic heterocycles. The van der Waals surface area contributed by atoms with Crippen LogP contribution < -0.4 is 5.56 Å². The first kappa shape index (κ1) is 16.1. The molecule has 2 aliphatic heterocycles. The Morgan fingerprint density at radius 2 is 1.72 bits per heavy atom. The number of H-pyrrole nitrogens is 1. The predicted molar refractivity (Wildman–Crippen MR) is 95.6 cm³/mol. The van der Waals surface area contributed by atoms with Crippen LogP contribution in [-0.4, -0.2) is 20.8 Å². The van der Waals surface area contributed by atoms with Gasteiger partial charge in [-0.2, -0.15) is 0 Å². The van der Waals surface area contributed by atoms with Crippen molar-refractivity contribution in [2.75, 3.05) is 0 Å². The van der Waals surface area contributed by atoms with Crippen LogP contribution in [0, 0.1) is 6.92 Å². The fourth-order valence-electron chi connectivity index (χ4n) is 4.14. The van der Waals surface area contributed by atoms with Crippen LogP contribution in [0.15, 0.2) is 29.1 Å². The van der Waals surface area contributed by atoms with Gasteiger partial charge >= 0.3 is 0 Å². The molecule has 2 atom stereocenters. The van der Waals surface area contributed by atoms with Gasteiger partial charge in [-0.15, -0.1) is 0 Å². The maximum absolute atomic E-state index is 13.2. The summed E-state index contributed by atoms with van der Waals surface area (Å²) < 4.78 is 0. The first-order valence-corrected chi connectivity index (χ1v) is 8.82. The zero-order chi connectivity index (χ0) is 17.9. The first-order valence-electron chi connectivity index (χ1n) is 8.82. The average molecular weight is 337 g/mol. The van der Waals surface area contributed by atoms with E-state index in [1.807, 2.05) is 37.8 Å². The Kier molecular flexibility index (Phi) is 3.39. The van der Waals surface area contributed by atoms with E-state index in [0.717, 1.165) is 12.8 Å². The molecule has 2 bridgehead atoms. The molecule has 25 heavy (non-hydrogen) atoms. The highest BCUT2D eigenvalue weighted by atomic mass is 16.2. The number of hydrogen-bond acceptors (Lipinski definition) is 3. The molecular weight excluding hydrogens is 314 g/mol. The second kappa shape index (κ2) is 5.28. The molecule has 2 aromatic rings. The molecule has 0 aliphatic carbocycles. The van der Waals surface area contributed by atoms with E-state index >= 15 is 0 Å². The quantitative estimate of drug-likeness (QED) is 0.867. The van der Waals surface area contributed by atoms with Crippen LogP contribution in [0.25, 0.3) is 0 Å². The van der Waals surface area contributed by atoms with E-state index in [1.54, 1.807) is 6.92 Å². The van der Waals surface area contributed by atoms with Gasteiger partial charge in [-0.3, -0.25) is 9.59 Å². The van der Waals surface area contributed by atoms with Gasteiger partial charge in [-0.05, 0) is 30.9 Å². The van der Waals surface area contributed by atoms with E-state index in [2.05, 4.69) is 22.1 Å². The van der Waals surface area contributed by atoms with E-state index in [4.69, 9.17) is 0 Å². The summed E-state index contributed by atoms with van der Waals surface area (Å²) in [6.45, 7) is 7.72. The molecule has 5 nitrogen and oxygen atoms in total. The molecule has 4 rings (SSSR count). The molecule has 130 valence electrons. The number of carbonyl (C=O) groups is 1. The Labute approximate surface area is 147 Å². The van der Waals surface area contributed by atoms with E-state index in [0.29, 0.717) is 11.5 Å². The van der Waals surface area contributed by atoms with Crippen LogP contribution in [0.3, 0.4) is 0 Å². The van der Waals surface area contributed by atoms with Crippen molar-refractivity contribution in [1.82, 2.24) is 14.9 Å². The van der Waals surface area contributed by atoms with Crippen molar-refractivity contribution in [2.24, 2.45) is 0 Å². The number of aromatic amines is 1. The highest BCUT2D eigenvalue weighted by Crippen LogP contribution is 2.53. The van der Waals surface area contributed by atoms with Crippen molar-refractivity contribution in [3.63, 3.8) is 0 Å². The smallest absolute Gasteiger partial charge is 0.264 e. The maximum atomic E-state index is 13.2. The van der Waals surface area contributed by atoms with Crippen molar-refractivity contribution in [3.05, 3.63) is 62.8 Å². The van der Waals surface area contributed by atoms with Gasteiger partial charge in [0.2, 0.25) is 0 Å². The molecule has 0 radical (unpaired) electrons. The van der Waals surface area contributed by atoms with Gasteiger partial charge in [0.15, 0.2) is 0 Å². The average Bonchev–Trinajstić information content (AvgIpc) is 3.10. The standard InChI is InChI=1S/C20H23N3O2/c1-11-16(17(24)22-19(21-11)20(2,3)4)18(25)23-14-9-10-15(23)13-8-6-5-7-12(13)14/h5-8,14-15H,9-10H2,1-4H3,(H,21,22,24)/t14-,15-/m1/s1. The molecule has 1 fully saturated rings. The number of rotatable bonds is 1. The van der Waals surface area contributed by atoms with Crippen LogP contribution >= 0.6 is 0 Å². The molecule has 5 heteroatoms. The third kappa shape index (κ3) is 2.33. The van der Waals surface area contributed by atoms with Crippen LogP contribution in [0.1, 0.15) is 78.7 Å². The zero-order valence-electron chi connectivity index (χ0n) is 15.1. The Morgan fingerprint density at radius 1 is 1.16 bits per heavy atom. The summed E-state index contributed by atoms with van der Waals surface area (Å²) in [6, 6.07) is 8.37. The number of aromatic nitrogens is 2. The molecule has 2 aliphatic rings. The topological polar surface area (TPSA) is 66.1 Å². The fraction of sp³-hybridized carbons (Fsp3) is 0.450. The minimum Gasteiger partial charge on any atom is -0.324 e. The van der Waals surface area contributed by atoms with E-state index in [9.17, 15) is 9.59 Å². The van der Waals surface area contributed by atoms with Crippen LogP contribution in [0.4, 0.5) is 0 Å². The van der Waals surface area contributed by atoms with Crippen molar-refractivity contribution in [3.8, 4) is 0 Å². The Morgan fingerprint density at radius 3 is 2.20 bits per heavy atom. The lowest BCUT2D eigenvalue weighted by Gasteiger charge is -2.24. The van der Waals surface area contributed by atoms with Crippen LogP contribution in [-0.2, 0) is 5.41 Å². The van der Waals surface area contributed by atoms with E-state index in [-0.39, 0.29) is 34.5 Å². The van der Waals surface area contributed by atoms with Crippen molar-refractivity contribution in [2.45, 2.75) is 58.0 Å². The van der Waals surface area contributed by atoms with Crippen LogP contribution in [0.2, 0.25) is 0 Å². The molecule has 0 spiro atoms. The van der Waals surface area contributed by atoms with Gasteiger partial charge in [0, 0.05) is 5.41 Å². The van der Waals surface area contributed by atoms with Gasteiger partial charge in [0.25, 0.3) is 11.5 Å². The molecule has 1 N–H and O–H groups in total. The van der Waals surface area contributed by atoms with E-state index < -0.39 is 0 Å². The van der Waals surface area contributed by atoms with Gasteiger partial charge in [-0.1, -0.05) is 45.0 Å². The van der Waals surface area contributed by atoms with Gasteiger partial charge < -0.3 is 9.88 Å². The lowest BCUT2D eigenvalue weighted by molar-refractivity contribution is 0.0693. The molecule has 1 aromatic carbocycles. The van der Waals surface area contributed by atoms with Crippen LogP contribution in [0.5, 0.6) is 0 Å². The zero-order valence-corrected chi connectivity index (χ0v) is 15.1. The summed E-state index contributed by atoms with van der Waals surface area (Å²) in [6.07, 6.45) is 1.91. The van der Waals surface area contributed by atoms with Crippen molar-refractivity contribution < 1.29 is 4.79 Å². The number of hydrogen-bond donors (Lipinski definition) is 1. The molecule has 0 saturated carbocycles. The third-order valence-corrected chi connectivity index (χ3v) is 5.36. The number of amides is 1. The van der Waals surface area contributed by atoms with Gasteiger partial charge in [-0.25, -0.2) is 4.98 Å². The van der Waals surface area contributed by atoms with Gasteiger partial charge in [0.1, 0.15) is 11.4 Å². The molecule has 0 unspecified atom stereocenters. The maximum Gasteiger partial charge on any atom is 0.264 e. The largest absolute Gasteiger partial charge is 0.324 e. The first-order chi connectivity index (χ1) is 11.8. The number of fused-ring (bicyclic) bond motifs is 5. The predicted octanol–water partition coefficient (Wildman–Crippen LogP) is 3.41. The second-order valence-corrected chi connectivity index (χ2v) is 8.08. The lowest BCUT2D eigenvalue weighted by Crippen LogP contribution is -2.35. The number of carbonyl (C=O) groups excluding carboxylic acids is 1. The summed E-state index contributed by atoms with van der Waals surface area (Å²) in [5, 5.41) is 0. The summed E-state index contributed by atoms with van der Waals surface area (Å²) >= 11 is 0. The highest BCUT2D eigenvalue weighted by Gasteiger charge is 2.47. The number of benzene rings is 1. The summed E-state index contributed by atoms with van der Waals surface area (Å²) in [4.78, 5) is 35.1. The fourth-order valence-corrected chi connectivity index (χ4v) is 4.14. The number of nitrogens with one attached hydrogen (secondary N) is 1. The SMILES string of the molecule is Cc1nc(C(C)(C)C)[nH]c(=O)c1C(=O)N1[C@@H]2CC[C@@H]1c1ccccc12. The number of aryl methyl sites for hydroxylation is 1. The van der Waals surface area contributed by atoms with E-state index in [1.165, 1.54) is 11.1 Å². The minimum atomic E-state index is -0.335.